The summed E-state index contributed by atoms with van der Waals surface area (Å²) >= 11 is 0. The largest absolute Gasteiger partial charge is 0.461 e. The molecule has 0 aromatic heterocycles. The first-order valence-corrected chi connectivity index (χ1v) is 9.50. The van der Waals surface area contributed by atoms with E-state index in [-0.39, 0.29) is 50.1 Å². The summed E-state index contributed by atoms with van der Waals surface area (Å²) < 4.78 is 19.9. The van der Waals surface area contributed by atoms with Crippen LogP contribution in [0, 0.1) is 0 Å². The molecule has 2 aliphatic rings. The zero-order chi connectivity index (χ0) is 20.5. The highest BCUT2D eigenvalue weighted by Crippen LogP contribution is 2.10. The van der Waals surface area contributed by atoms with Crippen molar-refractivity contribution in [2.75, 3.05) is 26.4 Å². The number of epoxide rings is 2. The molecule has 28 heavy (non-hydrogen) atoms. The van der Waals surface area contributed by atoms with E-state index in [4.69, 9.17) is 18.9 Å². The van der Waals surface area contributed by atoms with Gasteiger partial charge in [-0.2, -0.15) is 0 Å². The predicted octanol–water partition coefficient (Wildman–Crippen LogP) is -0.560. The molecule has 2 amide bonds. The molecule has 2 heterocycles. The molecule has 0 aliphatic carbocycles. The standard InChI is InChI=1S/C18H28N2O8/c1-11(17(23)27-9-13-7-25-13)19-15(21)5-3-4-6-16(22)20-12(2)18(24)28-10-14-8-26-14/h11-14H,3-10H2,1-2H3,(H,19,21)(H,20,22)/t11-,12-,13?,14?/m0/s1. The maximum Gasteiger partial charge on any atom is 0.328 e. The number of unbranched alkanes of at least 4 members (excludes halogenated alkanes) is 1. The molecular formula is C18H28N2O8. The van der Waals surface area contributed by atoms with Crippen LogP contribution in [0.25, 0.3) is 0 Å². The summed E-state index contributed by atoms with van der Waals surface area (Å²) in [5, 5.41) is 5.12. The van der Waals surface area contributed by atoms with Crippen LogP contribution in [0.4, 0.5) is 0 Å². The minimum Gasteiger partial charge on any atom is -0.461 e. The van der Waals surface area contributed by atoms with Gasteiger partial charge < -0.3 is 29.6 Å². The van der Waals surface area contributed by atoms with Gasteiger partial charge in [0.1, 0.15) is 37.5 Å². The summed E-state index contributed by atoms with van der Waals surface area (Å²) in [6.45, 7) is 4.70. The summed E-state index contributed by atoms with van der Waals surface area (Å²) in [5.74, 6) is -1.58. The summed E-state index contributed by atoms with van der Waals surface area (Å²) in [7, 11) is 0. The van der Waals surface area contributed by atoms with Crippen molar-refractivity contribution < 1.29 is 38.1 Å². The number of carbonyl (C=O) groups excluding carboxylic acids is 4. The Kier molecular flexibility index (Phi) is 8.65. The van der Waals surface area contributed by atoms with Gasteiger partial charge in [-0.1, -0.05) is 0 Å². The number of nitrogens with one attached hydrogen (secondary N) is 2. The van der Waals surface area contributed by atoms with Gasteiger partial charge in [-0.3, -0.25) is 9.59 Å². The van der Waals surface area contributed by atoms with Crippen LogP contribution in [0.3, 0.4) is 0 Å². The minimum atomic E-state index is -0.734. The lowest BCUT2D eigenvalue weighted by Gasteiger charge is -2.13. The molecular weight excluding hydrogens is 372 g/mol. The zero-order valence-electron chi connectivity index (χ0n) is 16.2. The Balaban J connectivity index is 1.49. The third kappa shape index (κ3) is 9.14. The molecule has 2 rings (SSSR count). The van der Waals surface area contributed by atoms with E-state index in [0.29, 0.717) is 26.1 Å². The molecule has 10 nitrogen and oxygen atoms in total. The number of hydrogen-bond donors (Lipinski definition) is 2. The highest BCUT2D eigenvalue weighted by atomic mass is 16.6. The van der Waals surface area contributed by atoms with E-state index < -0.39 is 24.0 Å². The van der Waals surface area contributed by atoms with Gasteiger partial charge in [0.2, 0.25) is 11.8 Å². The number of esters is 2. The number of amides is 2. The fourth-order valence-electron chi connectivity index (χ4n) is 2.24. The highest BCUT2D eigenvalue weighted by molar-refractivity contribution is 5.85. The highest BCUT2D eigenvalue weighted by Gasteiger charge is 2.27. The smallest absolute Gasteiger partial charge is 0.328 e. The van der Waals surface area contributed by atoms with Crippen LogP contribution >= 0.6 is 0 Å². The van der Waals surface area contributed by atoms with Crippen molar-refractivity contribution >= 4 is 23.8 Å². The van der Waals surface area contributed by atoms with Gasteiger partial charge in [0, 0.05) is 12.8 Å². The SMILES string of the molecule is C[C@H](NC(=O)CCCCC(=O)N[C@@H](C)C(=O)OCC1CO1)C(=O)OCC1CO1. The molecule has 2 N–H and O–H groups in total. The van der Waals surface area contributed by atoms with Crippen LogP contribution in [-0.2, 0) is 38.1 Å². The van der Waals surface area contributed by atoms with Crippen molar-refractivity contribution in [2.45, 2.75) is 63.8 Å². The second-order valence-electron chi connectivity index (χ2n) is 6.96. The van der Waals surface area contributed by atoms with Crippen molar-refractivity contribution in [1.82, 2.24) is 10.6 Å². The lowest BCUT2D eigenvalue weighted by Crippen LogP contribution is -2.40. The first-order valence-electron chi connectivity index (χ1n) is 9.50. The van der Waals surface area contributed by atoms with Crippen molar-refractivity contribution in [3.63, 3.8) is 0 Å². The van der Waals surface area contributed by atoms with E-state index >= 15 is 0 Å². The summed E-state index contributed by atoms with van der Waals surface area (Å²) in [6.07, 6.45) is 1.30. The number of ether oxygens (including phenoxy) is 4. The average molecular weight is 400 g/mol. The zero-order valence-corrected chi connectivity index (χ0v) is 16.2. The van der Waals surface area contributed by atoms with E-state index in [1.54, 1.807) is 13.8 Å². The minimum absolute atomic E-state index is 0.0187. The Labute approximate surface area is 163 Å². The number of hydrogen-bond acceptors (Lipinski definition) is 8. The van der Waals surface area contributed by atoms with Crippen LogP contribution < -0.4 is 10.6 Å². The monoisotopic (exact) mass is 400 g/mol. The summed E-state index contributed by atoms with van der Waals surface area (Å²) in [6, 6.07) is -1.47. The molecule has 2 unspecified atom stereocenters. The summed E-state index contributed by atoms with van der Waals surface area (Å²) in [5.41, 5.74) is 0. The summed E-state index contributed by atoms with van der Waals surface area (Å²) in [4.78, 5) is 47.0. The van der Waals surface area contributed by atoms with Crippen molar-refractivity contribution in [2.24, 2.45) is 0 Å². The Morgan fingerprint density at radius 2 is 1.18 bits per heavy atom. The van der Waals surface area contributed by atoms with Gasteiger partial charge in [-0.05, 0) is 26.7 Å². The predicted molar refractivity (Wildman–Crippen MR) is 95.1 cm³/mol. The number of rotatable bonds is 13. The van der Waals surface area contributed by atoms with E-state index in [1.165, 1.54) is 0 Å². The molecule has 0 bridgehead atoms. The molecule has 0 spiro atoms. The molecule has 2 aliphatic heterocycles. The Bertz CT molecular complexity index is 524. The molecule has 10 heteroatoms. The fourth-order valence-corrected chi connectivity index (χ4v) is 2.24. The molecule has 4 atom stereocenters. The van der Waals surface area contributed by atoms with Gasteiger partial charge in [0.05, 0.1) is 13.2 Å². The van der Waals surface area contributed by atoms with Gasteiger partial charge in [-0.25, -0.2) is 9.59 Å². The molecule has 0 saturated carbocycles. The van der Waals surface area contributed by atoms with E-state index in [9.17, 15) is 19.2 Å². The Morgan fingerprint density at radius 1 is 0.821 bits per heavy atom. The quantitative estimate of drug-likeness (QED) is 0.239. The second-order valence-corrected chi connectivity index (χ2v) is 6.96. The maximum absolute atomic E-state index is 11.8. The molecule has 2 fully saturated rings. The Hall–Kier alpha value is -2.20. The fraction of sp³-hybridized carbons (Fsp3) is 0.778. The number of carbonyl (C=O) groups is 4. The van der Waals surface area contributed by atoms with E-state index in [1.807, 2.05) is 0 Å². The van der Waals surface area contributed by atoms with Gasteiger partial charge >= 0.3 is 11.9 Å². The lowest BCUT2D eigenvalue weighted by molar-refractivity contribution is -0.148. The molecule has 2 saturated heterocycles. The van der Waals surface area contributed by atoms with Crippen molar-refractivity contribution in [3.8, 4) is 0 Å². The lowest BCUT2D eigenvalue weighted by atomic mass is 10.1. The third-order valence-corrected chi connectivity index (χ3v) is 4.15. The average Bonchev–Trinajstić information content (AvgIpc) is 3.55. The second kappa shape index (κ2) is 11.0. The molecule has 0 aromatic carbocycles. The first-order chi connectivity index (χ1) is 13.3. The van der Waals surface area contributed by atoms with Crippen LogP contribution in [0.1, 0.15) is 39.5 Å². The van der Waals surface area contributed by atoms with Crippen LogP contribution in [0.2, 0.25) is 0 Å². The first kappa shape index (κ1) is 22.1. The van der Waals surface area contributed by atoms with Gasteiger partial charge in [0.25, 0.3) is 0 Å². The van der Waals surface area contributed by atoms with Crippen LogP contribution in [-0.4, -0.2) is 74.5 Å². The topological polar surface area (TPSA) is 136 Å². The van der Waals surface area contributed by atoms with Crippen molar-refractivity contribution in [1.29, 1.82) is 0 Å². The van der Waals surface area contributed by atoms with Gasteiger partial charge in [0.15, 0.2) is 0 Å². The van der Waals surface area contributed by atoms with E-state index in [0.717, 1.165) is 0 Å². The molecule has 0 radical (unpaired) electrons. The van der Waals surface area contributed by atoms with Crippen molar-refractivity contribution in [3.05, 3.63) is 0 Å². The normalized spacial score (nSPS) is 21.8. The Morgan fingerprint density at radius 3 is 1.50 bits per heavy atom. The van der Waals surface area contributed by atoms with Crippen LogP contribution in [0.5, 0.6) is 0 Å². The van der Waals surface area contributed by atoms with Crippen LogP contribution in [0.15, 0.2) is 0 Å². The molecule has 0 aromatic rings. The van der Waals surface area contributed by atoms with Gasteiger partial charge in [-0.15, -0.1) is 0 Å². The third-order valence-electron chi connectivity index (χ3n) is 4.15. The van der Waals surface area contributed by atoms with E-state index in [2.05, 4.69) is 10.6 Å². The maximum atomic E-state index is 11.8. The molecule has 158 valence electrons.